The van der Waals surface area contributed by atoms with Gasteiger partial charge in [-0.3, -0.25) is 9.00 Å². The molecule has 0 aliphatic carbocycles. The van der Waals surface area contributed by atoms with E-state index in [-0.39, 0.29) is 22.2 Å². The van der Waals surface area contributed by atoms with Gasteiger partial charge in [0.25, 0.3) is 0 Å². The first-order chi connectivity index (χ1) is 10.1. The second-order valence-corrected chi connectivity index (χ2v) is 5.85. The van der Waals surface area contributed by atoms with Crippen molar-refractivity contribution in [2.75, 3.05) is 11.5 Å². The minimum atomic E-state index is -1.59. The lowest BCUT2D eigenvalue weighted by atomic mass is 10.2. The summed E-state index contributed by atoms with van der Waals surface area (Å²) in [6.07, 6.45) is 0. The fourth-order valence-electron chi connectivity index (χ4n) is 1.77. The molecule has 0 fully saturated rings. The van der Waals surface area contributed by atoms with E-state index in [1.807, 2.05) is 30.3 Å². The Balaban J connectivity index is 1.91. The predicted octanol–water partition coefficient (Wildman–Crippen LogP) is 1.83. The van der Waals surface area contributed by atoms with Gasteiger partial charge in [-0.1, -0.05) is 30.3 Å². The zero-order chi connectivity index (χ0) is 15.2. The highest BCUT2D eigenvalue weighted by Gasteiger charge is 2.13. The van der Waals surface area contributed by atoms with Crippen LogP contribution < -0.4 is 11.1 Å². The van der Waals surface area contributed by atoms with Crippen LogP contribution in [0.5, 0.6) is 0 Å². The number of benzene rings is 2. The fraction of sp³-hybridized carbons (Fsp3) is 0.133. The molecule has 21 heavy (non-hydrogen) atoms. The second kappa shape index (κ2) is 6.99. The smallest absolute Gasteiger partial charge is 0.233 e. The van der Waals surface area contributed by atoms with Gasteiger partial charge in [-0.2, -0.15) is 0 Å². The molecule has 6 heteroatoms. The molecule has 0 aliphatic rings. The van der Waals surface area contributed by atoms with Gasteiger partial charge in [0.1, 0.15) is 11.6 Å². The molecule has 0 saturated carbocycles. The Morgan fingerprint density at radius 1 is 1.19 bits per heavy atom. The van der Waals surface area contributed by atoms with E-state index in [0.29, 0.717) is 6.54 Å². The van der Waals surface area contributed by atoms with Crippen LogP contribution >= 0.6 is 0 Å². The zero-order valence-electron chi connectivity index (χ0n) is 11.2. The van der Waals surface area contributed by atoms with Crippen molar-refractivity contribution in [3.63, 3.8) is 0 Å². The van der Waals surface area contributed by atoms with E-state index in [2.05, 4.69) is 5.32 Å². The average molecular weight is 306 g/mol. The van der Waals surface area contributed by atoms with Crippen molar-refractivity contribution in [2.24, 2.45) is 0 Å². The van der Waals surface area contributed by atoms with Crippen molar-refractivity contribution in [1.82, 2.24) is 5.32 Å². The highest BCUT2D eigenvalue weighted by Crippen LogP contribution is 2.17. The van der Waals surface area contributed by atoms with E-state index in [1.54, 1.807) is 0 Å². The number of carbonyl (C=O) groups is 1. The summed E-state index contributed by atoms with van der Waals surface area (Å²) in [4.78, 5) is 12.0. The summed E-state index contributed by atoms with van der Waals surface area (Å²) in [7, 11) is -1.59. The quantitative estimate of drug-likeness (QED) is 0.828. The maximum atomic E-state index is 12.9. The number of hydrogen-bond acceptors (Lipinski definition) is 3. The maximum absolute atomic E-state index is 12.9. The highest BCUT2D eigenvalue weighted by atomic mass is 32.2. The van der Waals surface area contributed by atoms with Gasteiger partial charge in [-0.25, -0.2) is 4.39 Å². The summed E-state index contributed by atoms with van der Waals surface area (Å²) >= 11 is 0. The maximum Gasteiger partial charge on any atom is 0.233 e. The number of amides is 1. The molecule has 1 amide bonds. The lowest BCUT2D eigenvalue weighted by molar-refractivity contribution is -0.118. The van der Waals surface area contributed by atoms with Gasteiger partial charge in [-0.15, -0.1) is 0 Å². The minimum Gasteiger partial charge on any atom is -0.398 e. The van der Waals surface area contributed by atoms with Crippen molar-refractivity contribution in [3.05, 3.63) is 59.9 Å². The van der Waals surface area contributed by atoms with E-state index < -0.39 is 16.6 Å². The van der Waals surface area contributed by atoms with E-state index >= 15 is 0 Å². The topological polar surface area (TPSA) is 72.2 Å². The monoisotopic (exact) mass is 306 g/mol. The van der Waals surface area contributed by atoms with Gasteiger partial charge in [0.2, 0.25) is 5.91 Å². The van der Waals surface area contributed by atoms with Crippen molar-refractivity contribution in [3.8, 4) is 0 Å². The number of nitrogens with one attached hydrogen (secondary N) is 1. The molecule has 0 aromatic heterocycles. The van der Waals surface area contributed by atoms with Crippen LogP contribution in [0.2, 0.25) is 0 Å². The molecule has 2 aromatic rings. The average Bonchev–Trinajstić information content (AvgIpc) is 2.46. The number of rotatable bonds is 5. The molecule has 110 valence electrons. The molecule has 2 rings (SSSR count). The van der Waals surface area contributed by atoms with Gasteiger partial charge >= 0.3 is 0 Å². The number of nitrogens with two attached hydrogens (primary N) is 1. The Morgan fingerprint density at radius 2 is 1.90 bits per heavy atom. The number of carbonyl (C=O) groups excluding carboxylic acids is 1. The summed E-state index contributed by atoms with van der Waals surface area (Å²) in [6.45, 7) is 0.371. The predicted molar refractivity (Wildman–Crippen MR) is 80.4 cm³/mol. The summed E-state index contributed by atoms with van der Waals surface area (Å²) in [6, 6.07) is 13.0. The third-order valence-corrected chi connectivity index (χ3v) is 4.20. The molecule has 1 atom stereocenters. The van der Waals surface area contributed by atoms with Crippen LogP contribution in [0.4, 0.5) is 10.1 Å². The lowest BCUT2D eigenvalue weighted by Gasteiger charge is -2.07. The van der Waals surface area contributed by atoms with Gasteiger partial charge in [0, 0.05) is 6.54 Å². The van der Waals surface area contributed by atoms with Crippen molar-refractivity contribution in [2.45, 2.75) is 11.4 Å². The van der Waals surface area contributed by atoms with E-state index in [4.69, 9.17) is 5.73 Å². The number of halogens is 1. The van der Waals surface area contributed by atoms with Crippen LogP contribution in [-0.4, -0.2) is 15.9 Å². The van der Waals surface area contributed by atoms with E-state index in [1.165, 1.54) is 12.1 Å². The third-order valence-electron chi connectivity index (χ3n) is 2.81. The minimum absolute atomic E-state index is 0.0872. The largest absolute Gasteiger partial charge is 0.398 e. The Hall–Kier alpha value is -2.21. The van der Waals surface area contributed by atoms with Crippen LogP contribution in [0.3, 0.4) is 0 Å². The Kier molecular flexibility index (Phi) is 5.05. The Labute approximate surface area is 124 Å². The first-order valence-corrected chi connectivity index (χ1v) is 7.62. The van der Waals surface area contributed by atoms with Gasteiger partial charge in [0.05, 0.1) is 21.4 Å². The molecule has 0 bridgehead atoms. The Bertz CT molecular complexity index is 662. The highest BCUT2D eigenvalue weighted by molar-refractivity contribution is 7.86. The van der Waals surface area contributed by atoms with Crippen molar-refractivity contribution in [1.29, 1.82) is 0 Å². The summed E-state index contributed by atoms with van der Waals surface area (Å²) in [5, 5.41) is 2.68. The van der Waals surface area contributed by atoms with Gasteiger partial charge < -0.3 is 11.1 Å². The molecule has 0 radical (unpaired) electrons. The zero-order valence-corrected chi connectivity index (χ0v) is 12.0. The lowest BCUT2D eigenvalue weighted by Crippen LogP contribution is -2.28. The number of anilines is 1. The summed E-state index contributed by atoms with van der Waals surface area (Å²) < 4.78 is 25.0. The molecular weight excluding hydrogens is 291 g/mol. The number of nitrogen functional groups attached to an aromatic ring is 1. The molecule has 1 unspecified atom stereocenters. The van der Waals surface area contributed by atoms with Crippen LogP contribution in [0.15, 0.2) is 53.4 Å². The molecule has 0 heterocycles. The SMILES string of the molecule is Nc1cc(F)ccc1S(=O)CC(=O)NCc1ccccc1. The molecule has 3 N–H and O–H groups in total. The third kappa shape index (κ3) is 4.39. The van der Waals surface area contributed by atoms with Crippen LogP contribution in [0.25, 0.3) is 0 Å². The molecule has 0 saturated heterocycles. The van der Waals surface area contributed by atoms with Crippen LogP contribution in [0.1, 0.15) is 5.56 Å². The fourth-order valence-corrected chi connectivity index (χ4v) is 2.81. The summed E-state index contributed by atoms with van der Waals surface area (Å²) in [5.41, 5.74) is 6.64. The van der Waals surface area contributed by atoms with Gasteiger partial charge in [-0.05, 0) is 23.8 Å². The van der Waals surface area contributed by atoms with Crippen molar-refractivity contribution >= 4 is 22.4 Å². The standard InChI is InChI=1S/C15H15FN2O2S/c16-12-6-7-14(13(17)8-12)21(20)10-15(19)18-9-11-4-2-1-3-5-11/h1-8H,9-10,17H2,(H,18,19). The normalized spacial score (nSPS) is 11.9. The molecule has 0 aliphatic heterocycles. The van der Waals surface area contributed by atoms with E-state index in [9.17, 15) is 13.4 Å². The first-order valence-electron chi connectivity index (χ1n) is 6.30. The number of hydrogen-bond donors (Lipinski definition) is 2. The molecular formula is C15H15FN2O2S. The summed E-state index contributed by atoms with van der Waals surface area (Å²) in [5.74, 6) is -1.05. The van der Waals surface area contributed by atoms with Crippen LogP contribution in [0, 0.1) is 5.82 Å². The molecule has 2 aromatic carbocycles. The second-order valence-electron chi connectivity index (χ2n) is 4.43. The van der Waals surface area contributed by atoms with Crippen LogP contribution in [-0.2, 0) is 22.1 Å². The van der Waals surface area contributed by atoms with Gasteiger partial charge in [0.15, 0.2) is 0 Å². The van der Waals surface area contributed by atoms with E-state index in [0.717, 1.165) is 11.6 Å². The Morgan fingerprint density at radius 3 is 2.57 bits per heavy atom. The molecule has 4 nitrogen and oxygen atoms in total. The first kappa shape index (κ1) is 15.2. The van der Waals surface area contributed by atoms with Crippen molar-refractivity contribution < 1.29 is 13.4 Å². The molecule has 0 spiro atoms.